The van der Waals surface area contributed by atoms with E-state index in [0.29, 0.717) is 49.1 Å². The highest BCUT2D eigenvalue weighted by atomic mass is 32.2. The van der Waals surface area contributed by atoms with E-state index in [4.69, 9.17) is 14.2 Å². The molecule has 0 aromatic heterocycles. The Balaban J connectivity index is 1.36. The Labute approximate surface area is 205 Å². The van der Waals surface area contributed by atoms with Crippen LogP contribution < -0.4 is 23.8 Å². The first-order chi connectivity index (χ1) is 16.8. The molecule has 4 rings (SSSR count). The summed E-state index contributed by atoms with van der Waals surface area (Å²) in [5, 5.41) is 2.83. The lowest BCUT2D eigenvalue weighted by Gasteiger charge is -2.25. The van der Waals surface area contributed by atoms with E-state index in [1.165, 1.54) is 4.31 Å². The molecule has 9 heteroatoms. The van der Waals surface area contributed by atoms with Crippen LogP contribution in [-0.4, -0.2) is 46.9 Å². The van der Waals surface area contributed by atoms with Crippen LogP contribution in [0.3, 0.4) is 0 Å². The monoisotopic (exact) mass is 496 g/mol. The van der Waals surface area contributed by atoms with Gasteiger partial charge in [-0.2, -0.15) is 0 Å². The predicted molar refractivity (Wildman–Crippen MR) is 134 cm³/mol. The molecule has 0 aliphatic carbocycles. The van der Waals surface area contributed by atoms with Crippen molar-refractivity contribution in [2.24, 2.45) is 0 Å². The number of rotatable bonds is 9. The number of anilines is 1. The molecule has 1 aliphatic rings. The molecule has 1 heterocycles. The fourth-order valence-corrected chi connectivity index (χ4v) is 4.54. The Hall–Kier alpha value is -3.72. The van der Waals surface area contributed by atoms with Crippen LogP contribution in [0.25, 0.3) is 0 Å². The second kappa shape index (κ2) is 10.7. The molecule has 0 atom stereocenters. The molecular formula is C26H28N2O6S. The predicted octanol–water partition coefficient (Wildman–Crippen LogP) is 3.54. The molecular weight excluding hydrogens is 468 g/mol. The number of aryl methyl sites for hydroxylation is 1. The Bertz CT molecular complexity index is 1290. The average molecular weight is 497 g/mol. The van der Waals surface area contributed by atoms with Crippen LogP contribution in [0.1, 0.15) is 21.5 Å². The summed E-state index contributed by atoms with van der Waals surface area (Å²) in [4.78, 5) is 12.5. The van der Waals surface area contributed by atoms with Gasteiger partial charge in [0.05, 0.1) is 25.0 Å². The SMILES string of the molecule is Cc1cccc(OCCNC(=O)c2ccc(CN(c3ccc4c(c3)OCCO4)S(C)(=O)=O)cc2)c1. The van der Waals surface area contributed by atoms with Crippen molar-refractivity contribution in [1.82, 2.24) is 5.32 Å². The van der Waals surface area contributed by atoms with Gasteiger partial charge in [-0.05, 0) is 54.4 Å². The third kappa shape index (κ3) is 6.45. The van der Waals surface area contributed by atoms with E-state index in [-0.39, 0.29) is 12.5 Å². The first-order valence-corrected chi connectivity index (χ1v) is 13.1. The zero-order valence-electron chi connectivity index (χ0n) is 19.7. The van der Waals surface area contributed by atoms with Crippen molar-refractivity contribution >= 4 is 21.6 Å². The molecule has 35 heavy (non-hydrogen) atoms. The molecule has 3 aromatic rings. The number of amides is 1. The van der Waals surface area contributed by atoms with Gasteiger partial charge in [-0.3, -0.25) is 9.10 Å². The Morgan fingerprint density at radius 2 is 1.74 bits per heavy atom. The van der Waals surface area contributed by atoms with Gasteiger partial charge < -0.3 is 19.5 Å². The molecule has 1 aliphatic heterocycles. The van der Waals surface area contributed by atoms with Gasteiger partial charge in [0.25, 0.3) is 5.91 Å². The zero-order chi connectivity index (χ0) is 24.8. The maximum atomic E-state index is 12.5. The zero-order valence-corrected chi connectivity index (χ0v) is 20.5. The van der Waals surface area contributed by atoms with Crippen molar-refractivity contribution in [2.75, 3.05) is 36.9 Å². The molecule has 0 spiro atoms. The number of benzene rings is 3. The normalized spacial score (nSPS) is 12.6. The number of sulfonamides is 1. The Morgan fingerprint density at radius 1 is 1.00 bits per heavy atom. The molecule has 0 fully saturated rings. The highest BCUT2D eigenvalue weighted by molar-refractivity contribution is 7.92. The standard InChI is InChI=1S/C26H28N2O6S/c1-19-4-3-5-23(16-19)32-13-12-27-26(29)21-8-6-20(7-9-21)18-28(35(2,30)31)22-10-11-24-25(17-22)34-15-14-33-24/h3-11,16-17H,12-15,18H2,1-2H3,(H,27,29). The van der Waals surface area contributed by atoms with Gasteiger partial charge in [-0.1, -0.05) is 24.3 Å². The lowest BCUT2D eigenvalue weighted by Crippen LogP contribution is -2.30. The number of fused-ring (bicyclic) bond motifs is 1. The molecule has 0 radical (unpaired) electrons. The van der Waals surface area contributed by atoms with Crippen LogP contribution in [0, 0.1) is 6.92 Å². The first kappa shape index (κ1) is 24.4. The summed E-state index contributed by atoms with van der Waals surface area (Å²) in [5.74, 6) is 1.64. The minimum atomic E-state index is -3.57. The van der Waals surface area contributed by atoms with Gasteiger partial charge in [0.1, 0.15) is 25.6 Å². The average Bonchev–Trinajstić information content (AvgIpc) is 2.84. The number of carbonyl (C=O) groups excluding carboxylic acids is 1. The van der Waals surface area contributed by atoms with Gasteiger partial charge >= 0.3 is 0 Å². The van der Waals surface area contributed by atoms with Crippen LogP contribution in [0.4, 0.5) is 5.69 Å². The molecule has 184 valence electrons. The number of carbonyl (C=O) groups is 1. The van der Waals surface area contributed by atoms with Gasteiger partial charge in [0.15, 0.2) is 11.5 Å². The van der Waals surface area contributed by atoms with Crippen LogP contribution >= 0.6 is 0 Å². The summed E-state index contributed by atoms with van der Waals surface area (Å²) in [5.41, 5.74) is 2.81. The van der Waals surface area contributed by atoms with Crippen molar-refractivity contribution < 1.29 is 27.4 Å². The fourth-order valence-electron chi connectivity index (χ4n) is 3.66. The highest BCUT2D eigenvalue weighted by Crippen LogP contribution is 2.35. The van der Waals surface area contributed by atoms with Gasteiger partial charge in [-0.15, -0.1) is 0 Å². The second-order valence-corrected chi connectivity index (χ2v) is 10.1. The molecule has 8 nitrogen and oxygen atoms in total. The van der Waals surface area contributed by atoms with Crippen LogP contribution in [0.15, 0.2) is 66.7 Å². The number of hydrogen-bond acceptors (Lipinski definition) is 6. The van der Waals surface area contributed by atoms with Crippen LogP contribution in [0.2, 0.25) is 0 Å². The van der Waals surface area contributed by atoms with E-state index < -0.39 is 10.0 Å². The third-order valence-electron chi connectivity index (χ3n) is 5.40. The summed E-state index contributed by atoms with van der Waals surface area (Å²) in [6.07, 6.45) is 1.16. The smallest absolute Gasteiger partial charge is 0.251 e. The fraction of sp³-hybridized carbons (Fsp3) is 0.269. The van der Waals surface area contributed by atoms with Crippen molar-refractivity contribution in [3.63, 3.8) is 0 Å². The molecule has 3 aromatic carbocycles. The quantitative estimate of drug-likeness (QED) is 0.456. The Kier molecular flexibility index (Phi) is 7.45. The van der Waals surface area contributed by atoms with Crippen molar-refractivity contribution in [3.05, 3.63) is 83.4 Å². The van der Waals surface area contributed by atoms with Crippen LogP contribution in [0.5, 0.6) is 17.2 Å². The number of ether oxygens (including phenoxy) is 3. The van der Waals surface area contributed by atoms with Crippen molar-refractivity contribution in [3.8, 4) is 17.2 Å². The van der Waals surface area contributed by atoms with Crippen LogP contribution in [-0.2, 0) is 16.6 Å². The maximum absolute atomic E-state index is 12.5. The molecule has 0 saturated carbocycles. The lowest BCUT2D eigenvalue weighted by atomic mass is 10.1. The third-order valence-corrected chi connectivity index (χ3v) is 6.54. The van der Waals surface area contributed by atoms with E-state index in [0.717, 1.165) is 23.1 Å². The summed E-state index contributed by atoms with van der Waals surface area (Å²) < 4.78 is 43.1. The topological polar surface area (TPSA) is 94.2 Å². The van der Waals surface area contributed by atoms with Gasteiger partial charge in [0, 0.05) is 11.6 Å². The summed E-state index contributed by atoms with van der Waals surface area (Å²) in [6.45, 7) is 3.69. The maximum Gasteiger partial charge on any atom is 0.251 e. The minimum absolute atomic E-state index is 0.116. The largest absolute Gasteiger partial charge is 0.492 e. The number of nitrogens with zero attached hydrogens (tertiary/aromatic N) is 1. The van der Waals surface area contributed by atoms with E-state index in [2.05, 4.69) is 5.32 Å². The highest BCUT2D eigenvalue weighted by Gasteiger charge is 2.21. The number of nitrogens with one attached hydrogen (secondary N) is 1. The molecule has 1 N–H and O–H groups in total. The van der Waals surface area contributed by atoms with Crippen molar-refractivity contribution in [1.29, 1.82) is 0 Å². The van der Waals surface area contributed by atoms with E-state index in [1.807, 2.05) is 31.2 Å². The summed E-state index contributed by atoms with van der Waals surface area (Å²) >= 11 is 0. The Morgan fingerprint density at radius 3 is 2.46 bits per heavy atom. The first-order valence-electron chi connectivity index (χ1n) is 11.2. The van der Waals surface area contributed by atoms with Crippen molar-refractivity contribution in [2.45, 2.75) is 13.5 Å². The molecule has 0 bridgehead atoms. The second-order valence-electron chi connectivity index (χ2n) is 8.22. The summed E-state index contributed by atoms with van der Waals surface area (Å²) in [7, 11) is -3.57. The van der Waals surface area contributed by atoms with E-state index in [9.17, 15) is 13.2 Å². The molecule has 0 unspecified atom stereocenters. The van der Waals surface area contributed by atoms with Gasteiger partial charge in [-0.25, -0.2) is 8.42 Å². The lowest BCUT2D eigenvalue weighted by molar-refractivity contribution is 0.0947. The minimum Gasteiger partial charge on any atom is -0.492 e. The summed E-state index contributed by atoms with van der Waals surface area (Å²) in [6, 6.07) is 19.6. The van der Waals surface area contributed by atoms with Gasteiger partial charge in [0.2, 0.25) is 10.0 Å². The molecule has 0 saturated heterocycles. The number of hydrogen-bond donors (Lipinski definition) is 1. The van der Waals surface area contributed by atoms with E-state index in [1.54, 1.807) is 42.5 Å². The van der Waals surface area contributed by atoms with E-state index >= 15 is 0 Å². The molecule has 1 amide bonds.